The number of nitrogens with zero attached hydrogens (tertiary/aromatic N) is 1. The van der Waals surface area contributed by atoms with Crippen LogP contribution in [-0.2, 0) is 0 Å². The van der Waals surface area contributed by atoms with Crippen molar-refractivity contribution in [1.29, 1.82) is 0 Å². The van der Waals surface area contributed by atoms with Gasteiger partial charge in [0.1, 0.15) is 0 Å². The topological polar surface area (TPSA) is 63.9 Å². The summed E-state index contributed by atoms with van der Waals surface area (Å²) in [6.45, 7) is 3.29. The Morgan fingerprint density at radius 2 is 1.95 bits per heavy atom. The van der Waals surface area contributed by atoms with E-state index in [4.69, 9.17) is 0 Å². The fourth-order valence-corrected chi connectivity index (χ4v) is 2.85. The number of β-amino-alcohol motifs (C(OH)–C–C–N with tert-alkyl or cyclic N) is 1. The van der Waals surface area contributed by atoms with Gasteiger partial charge in [0.2, 0.25) is 0 Å². The molecule has 0 aromatic heterocycles. The maximum atomic E-state index is 9.93. The van der Waals surface area contributed by atoms with Gasteiger partial charge in [0, 0.05) is 19.5 Å². The maximum absolute atomic E-state index is 9.93. The van der Waals surface area contributed by atoms with Crippen molar-refractivity contribution < 1.29 is 15.3 Å². The number of likely N-dealkylation sites (tertiary alicyclic amines) is 1. The summed E-state index contributed by atoms with van der Waals surface area (Å²) in [5.41, 5.74) is 1.23. The molecule has 2 rings (SSSR count). The lowest BCUT2D eigenvalue weighted by Crippen LogP contribution is -2.55. The van der Waals surface area contributed by atoms with Crippen LogP contribution in [0.15, 0.2) is 30.3 Å². The van der Waals surface area contributed by atoms with E-state index in [0.29, 0.717) is 18.9 Å². The molecule has 106 valence electrons. The molecule has 0 spiro atoms. The van der Waals surface area contributed by atoms with E-state index in [0.717, 1.165) is 6.54 Å². The molecule has 1 fully saturated rings. The van der Waals surface area contributed by atoms with Crippen LogP contribution in [0.3, 0.4) is 0 Å². The predicted octanol–water partition coefficient (Wildman–Crippen LogP) is 0.578. The van der Waals surface area contributed by atoms with Crippen LogP contribution in [0.1, 0.15) is 24.8 Å². The van der Waals surface area contributed by atoms with Crippen LogP contribution in [0.4, 0.5) is 0 Å². The van der Waals surface area contributed by atoms with Gasteiger partial charge in [-0.05, 0) is 11.5 Å². The largest absolute Gasteiger partial charge is 0.395 e. The third-order valence-electron chi connectivity index (χ3n) is 3.94. The molecule has 4 heteroatoms. The Morgan fingerprint density at radius 1 is 1.26 bits per heavy atom. The Labute approximate surface area is 114 Å². The first kappa shape index (κ1) is 14.5. The molecule has 3 unspecified atom stereocenters. The second-order valence-electron chi connectivity index (χ2n) is 5.47. The lowest BCUT2D eigenvalue weighted by Gasteiger charge is -2.41. The van der Waals surface area contributed by atoms with Crippen molar-refractivity contribution in [2.45, 2.75) is 37.5 Å². The summed E-state index contributed by atoms with van der Waals surface area (Å²) in [7, 11) is 0. The minimum Gasteiger partial charge on any atom is -0.395 e. The highest BCUT2D eigenvalue weighted by atomic mass is 16.3. The molecule has 1 aliphatic rings. The third kappa shape index (κ3) is 3.54. The van der Waals surface area contributed by atoms with Crippen molar-refractivity contribution in [3.63, 3.8) is 0 Å². The SMILES string of the molecule is C[C@H](CN1CC(O)CC(O)C1CO)c1ccccc1. The number of hydrogen-bond donors (Lipinski definition) is 3. The standard InChI is InChI=1S/C15H23NO3/c1-11(12-5-3-2-4-6-12)8-16-9-13(18)7-15(19)14(16)10-17/h2-6,11,13-15,17-19H,7-10H2,1H3/t11-,13?,14?,15?/m1/s1. The lowest BCUT2D eigenvalue weighted by atomic mass is 9.94. The van der Waals surface area contributed by atoms with Gasteiger partial charge in [-0.3, -0.25) is 4.90 Å². The average Bonchev–Trinajstić information content (AvgIpc) is 2.39. The van der Waals surface area contributed by atoms with E-state index >= 15 is 0 Å². The maximum Gasteiger partial charge on any atom is 0.0742 e. The summed E-state index contributed by atoms with van der Waals surface area (Å²) in [6.07, 6.45) is -0.820. The minimum absolute atomic E-state index is 0.0740. The second-order valence-corrected chi connectivity index (χ2v) is 5.47. The molecular weight excluding hydrogens is 242 g/mol. The Hall–Kier alpha value is -0.940. The van der Waals surface area contributed by atoms with Crippen LogP contribution in [0.5, 0.6) is 0 Å². The number of aliphatic hydroxyl groups is 3. The highest BCUT2D eigenvalue weighted by Gasteiger charge is 2.34. The van der Waals surface area contributed by atoms with Crippen LogP contribution < -0.4 is 0 Å². The first-order chi connectivity index (χ1) is 9.11. The zero-order valence-corrected chi connectivity index (χ0v) is 11.3. The molecule has 0 amide bonds. The summed E-state index contributed by atoms with van der Waals surface area (Å²) < 4.78 is 0. The highest BCUT2D eigenvalue weighted by molar-refractivity contribution is 5.19. The predicted molar refractivity (Wildman–Crippen MR) is 73.9 cm³/mol. The minimum atomic E-state index is -0.656. The van der Waals surface area contributed by atoms with Crippen molar-refractivity contribution in [3.8, 4) is 0 Å². The molecule has 3 N–H and O–H groups in total. The zero-order valence-electron chi connectivity index (χ0n) is 11.3. The molecule has 4 atom stereocenters. The van der Waals surface area contributed by atoms with E-state index in [2.05, 4.69) is 19.1 Å². The van der Waals surface area contributed by atoms with Gasteiger partial charge < -0.3 is 15.3 Å². The van der Waals surface area contributed by atoms with Crippen molar-refractivity contribution >= 4 is 0 Å². The zero-order chi connectivity index (χ0) is 13.8. The fraction of sp³-hybridized carbons (Fsp3) is 0.600. The second kappa shape index (κ2) is 6.48. The number of rotatable bonds is 4. The fourth-order valence-electron chi connectivity index (χ4n) is 2.85. The van der Waals surface area contributed by atoms with Crippen LogP contribution in [0.2, 0.25) is 0 Å². The third-order valence-corrected chi connectivity index (χ3v) is 3.94. The van der Waals surface area contributed by atoms with E-state index in [-0.39, 0.29) is 12.6 Å². The number of aliphatic hydroxyl groups excluding tert-OH is 3. The Morgan fingerprint density at radius 3 is 2.58 bits per heavy atom. The lowest BCUT2D eigenvalue weighted by molar-refractivity contribution is -0.0667. The quantitative estimate of drug-likeness (QED) is 0.745. The van der Waals surface area contributed by atoms with E-state index < -0.39 is 12.2 Å². The molecule has 1 saturated heterocycles. The molecule has 0 bridgehead atoms. The number of piperidine rings is 1. The van der Waals surface area contributed by atoms with Gasteiger partial charge in [-0.2, -0.15) is 0 Å². The van der Waals surface area contributed by atoms with Crippen LogP contribution in [0.25, 0.3) is 0 Å². The first-order valence-corrected chi connectivity index (χ1v) is 6.87. The van der Waals surface area contributed by atoms with Crippen LogP contribution in [0, 0.1) is 0 Å². The highest BCUT2D eigenvalue weighted by Crippen LogP contribution is 2.23. The van der Waals surface area contributed by atoms with E-state index in [1.165, 1.54) is 5.56 Å². The van der Waals surface area contributed by atoms with E-state index in [9.17, 15) is 15.3 Å². The van der Waals surface area contributed by atoms with Crippen molar-refractivity contribution in [2.24, 2.45) is 0 Å². The van der Waals surface area contributed by atoms with Crippen molar-refractivity contribution in [3.05, 3.63) is 35.9 Å². The Balaban J connectivity index is 2.03. The molecule has 19 heavy (non-hydrogen) atoms. The van der Waals surface area contributed by atoms with Gasteiger partial charge in [-0.15, -0.1) is 0 Å². The van der Waals surface area contributed by atoms with Crippen molar-refractivity contribution in [2.75, 3.05) is 19.7 Å². The van der Waals surface area contributed by atoms with Crippen molar-refractivity contribution in [1.82, 2.24) is 4.90 Å². The van der Waals surface area contributed by atoms with Gasteiger partial charge in [0.15, 0.2) is 0 Å². The normalized spacial score (nSPS) is 30.2. The van der Waals surface area contributed by atoms with Gasteiger partial charge >= 0.3 is 0 Å². The molecule has 0 radical (unpaired) electrons. The molecular formula is C15H23NO3. The smallest absolute Gasteiger partial charge is 0.0742 e. The summed E-state index contributed by atoms with van der Waals surface area (Å²) >= 11 is 0. The molecule has 1 aromatic carbocycles. The average molecular weight is 265 g/mol. The van der Waals surface area contributed by atoms with Gasteiger partial charge in [-0.1, -0.05) is 37.3 Å². The van der Waals surface area contributed by atoms with Gasteiger partial charge in [0.25, 0.3) is 0 Å². The van der Waals surface area contributed by atoms with E-state index in [1.54, 1.807) is 0 Å². The Bertz CT molecular complexity index is 384. The monoisotopic (exact) mass is 265 g/mol. The van der Waals surface area contributed by atoms with Crippen LogP contribution >= 0.6 is 0 Å². The number of hydrogen-bond acceptors (Lipinski definition) is 4. The molecule has 1 aliphatic heterocycles. The van der Waals surface area contributed by atoms with E-state index in [1.807, 2.05) is 23.1 Å². The molecule has 0 saturated carbocycles. The van der Waals surface area contributed by atoms with Gasteiger partial charge in [0.05, 0.1) is 24.9 Å². The van der Waals surface area contributed by atoms with Gasteiger partial charge in [-0.25, -0.2) is 0 Å². The summed E-state index contributed by atoms with van der Waals surface area (Å²) in [5, 5.41) is 29.1. The summed E-state index contributed by atoms with van der Waals surface area (Å²) in [4.78, 5) is 2.00. The Kier molecular flexibility index (Phi) is 4.93. The first-order valence-electron chi connectivity index (χ1n) is 6.87. The molecule has 1 aromatic rings. The summed E-state index contributed by atoms with van der Waals surface area (Å²) in [5.74, 6) is 0.299. The molecule has 1 heterocycles. The molecule has 0 aliphatic carbocycles. The number of benzene rings is 1. The summed E-state index contributed by atoms with van der Waals surface area (Å²) in [6, 6.07) is 9.89. The van der Waals surface area contributed by atoms with Crippen LogP contribution in [-0.4, -0.2) is 58.2 Å². The molecule has 4 nitrogen and oxygen atoms in total.